The van der Waals surface area contributed by atoms with Gasteiger partial charge in [0.1, 0.15) is 0 Å². The molecule has 0 saturated heterocycles. The second kappa shape index (κ2) is 11.9. The molecule has 0 aromatic heterocycles. The molecule has 2 aromatic rings. The first-order chi connectivity index (χ1) is 13.7. The van der Waals surface area contributed by atoms with Crippen LogP contribution in [-0.2, 0) is 5.41 Å². The van der Waals surface area contributed by atoms with Crippen molar-refractivity contribution in [3.05, 3.63) is 83.9 Å². The topological polar surface area (TPSA) is 0 Å². The Labute approximate surface area is 174 Å². The Hall–Kier alpha value is -1.82. The second-order valence-electron chi connectivity index (χ2n) is 8.50. The summed E-state index contributed by atoms with van der Waals surface area (Å²) in [5, 5.41) is 0. The summed E-state index contributed by atoms with van der Waals surface area (Å²) in [6, 6.07) is 18.8. The zero-order chi connectivity index (χ0) is 20.2. The molecule has 152 valence electrons. The Morgan fingerprint density at radius 1 is 0.500 bits per heavy atom. The molecule has 0 unspecified atom stereocenters. The quantitative estimate of drug-likeness (QED) is 0.460. The van der Waals surface area contributed by atoms with E-state index < -0.39 is 0 Å². The van der Waals surface area contributed by atoms with E-state index in [0.717, 1.165) is 0 Å². The Bertz CT molecular complexity index is 603. The van der Waals surface area contributed by atoms with Gasteiger partial charge in [0.2, 0.25) is 0 Å². The van der Waals surface area contributed by atoms with Gasteiger partial charge in [-0.25, -0.2) is 0 Å². The minimum Gasteiger partial charge on any atom is -0.106 e. The molecule has 0 atom stereocenters. The summed E-state index contributed by atoms with van der Waals surface area (Å²) in [4.78, 5) is 0. The monoisotopic (exact) mass is 376 g/mol. The summed E-state index contributed by atoms with van der Waals surface area (Å²) in [6.07, 6.45) is 15.2. The van der Waals surface area contributed by atoms with Crippen molar-refractivity contribution in [1.29, 1.82) is 0 Å². The minimum absolute atomic E-state index is 0.195. The van der Waals surface area contributed by atoms with Gasteiger partial charge in [-0.05, 0) is 37.8 Å². The second-order valence-corrected chi connectivity index (χ2v) is 8.50. The summed E-state index contributed by atoms with van der Waals surface area (Å²) in [5.41, 5.74) is 5.98. The van der Waals surface area contributed by atoms with E-state index in [1.165, 1.54) is 92.9 Å². The molecule has 0 nitrogen and oxygen atoms in total. The standard InChI is InChI=1S/C26H36.C2H4/c1-22-12-16-24(17-13-22)26(25-18-14-23(2)15-19-25)20-10-8-6-4-3-5-7-9-11-21-26;1-2/h12-19H,3-11,20-21H2,1-2H3;1-2H2. The van der Waals surface area contributed by atoms with Crippen LogP contribution in [0.15, 0.2) is 61.7 Å². The predicted octanol–water partition coefficient (Wildman–Crippen LogP) is 8.70. The number of benzene rings is 2. The maximum absolute atomic E-state index is 3.00. The van der Waals surface area contributed by atoms with Crippen LogP contribution in [0.3, 0.4) is 0 Å². The average molecular weight is 377 g/mol. The molecule has 1 fully saturated rings. The van der Waals surface area contributed by atoms with Crippen LogP contribution in [-0.4, -0.2) is 0 Å². The van der Waals surface area contributed by atoms with Gasteiger partial charge in [-0.15, -0.1) is 13.2 Å². The maximum atomic E-state index is 3.00. The van der Waals surface area contributed by atoms with E-state index >= 15 is 0 Å². The first kappa shape index (κ1) is 22.5. The van der Waals surface area contributed by atoms with E-state index in [-0.39, 0.29) is 5.41 Å². The molecule has 0 amide bonds. The Morgan fingerprint density at radius 2 is 0.786 bits per heavy atom. The van der Waals surface area contributed by atoms with E-state index in [1.807, 2.05) is 0 Å². The first-order valence-electron chi connectivity index (χ1n) is 11.3. The van der Waals surface area contributed by atoms with E-state index in [0.29, 0.717) is 0 Å². The molecule has 0 aliphatic heterocycles. The van der Waals surface area contributed by atoms with Gasteiger partial charge in [-0.1, -0.05) is 117 Å². The highest BCUT2D eigenvalue weighted by Crippen LogP contribution is 2.42. The normalized spacial score (nSPS) is 18.1. The number of aryl methyl sites for hydroxylation is 2. The van der Waals surface area contributed by atoms with Crippen molar-refractivity contribution in [3.8, 4) is 0 Å². The van der Waals surface area contributed by atoms with Crippen LogP contribution in [0.5, 0.6) is 0 Å². The van der Waals surface area contributed by atoms with Crippen LogP contribution in [0, 0.1) is 13.8 Å². The van der Waals surface area contributed by atoms with Crippen LogP contribution in [0.1, 0.15) is 92.9 Å². The number of rotatable bonds is 2. The molecule has 0 spiro atoms. The zero-order valence-electron chi connectivity index (χ0n) is 18.3. The Morgan fingerprint density at radius 3 is 1.11 bits per heavy atom. The van der Waals surface area contributed by atoms with Crippen LogP contribution in [0.2, 0.25) is 0 Å². The highest BCUT2D eigenvalue weighted by atomic mass is 14.4. The lowest BCUT2D eigenvalue weighted by Gasteiger charge is -2.36. The van der Waals surface area contributed by atoms with Gasteiger partial charge >= 0.3 is 0 Å². The lowest BCUT2D eigenvalue weighted by Crippen LogP contribution is -2.28. The molecule has 1 saturated carbocycles. The van der Waals surface area contributed by atoms with Gasteiger partial charge < -0.3 is 0 Å². The van der Waals surface area contributed by atoms with Crippen molar-refractivity contribution in [2.24, 2.45) is 0 Å². The molecule has 0 N–H and O–H groups in total. The highest BCUT2D eigenvalue weighted by molar-refractivity contribution is 5.41. The van der Waals surface area contributed by atoms with Crippen LogP contribution in [0.25, 0.3) is 0 Å². The van der Waals surface area contributed by atoms with Gasteiger partial charge in [0.15, 0.2) is 0 Å². The molecule has 28 heavy (non-hydrogen) atoms. The number of hydrogen-bond donors (Lipinski definition) is 0. The average Bonchev–Trinajstić information content (AvgIpc) is 2.72. The van der Waals surface area contributed by atoms with Crippen molar-refractivity contribution in [2.45, 2.75) is 89.9 Å². The summed E-state index contributed by atoms with van der Waals surface area (Å²) < 4.78 is 0. The van der Waals surface area contributed by atoms with Crippen molar-refractivity contribution < 1.29 is 0 Å². The largest absolute Gasteiger partial charge is 0.106 e. The summed E-state index contributed by atoms with van der Waals surface area (Å²) in [7, 11) is 0. The van der Waals surface area contributed by atoms with Gasteiger partial charge in [0.05, 0.1) is 0 Å². The van der Waals surface area contributed by atoms with E-state index in [2.05, 4.69) is 75.5 Å². The van der Waals surface area contributed by atoms with Crippen molar-refractivity contribution in [3.63, 3.8) is 0 Å². The molecule has 0 bridgehead atoms. The van der Waals surface area contributed by atoms with Crippen molar-refractivity contribution >= 4 is 0 Å². The van der Waals surface area contributed by atoms with Crippen LogP contribution < -0.4 is 0 Å². The molecule has 0 radical (unpaired) electrons. The third kappa shape index (κ3) is 6.09. The van der Waals surface area contributed by atoms with Gasteiger partial charge in [-0.3, -0.25) is 0 Å². The van der Waals surface area contributed by atoms with Gasteiger partial charge in [0.25, 0.3) is 0 Å². The Kier molecular flexibility index (Phi) is 9.55. The summed E-state index contributed by atoms with van der Waals surface area (Å²) in [6.45, 7) is 10.4. The molecule has 0 heterocycles. The minimum atomic E-state index is 0.195. The molecule has 2 aromatic carbocycles. The lowest BCUT2D eigenvalue weighted by molar-refractivity contribution is 0.383. The van der Waals surface area contributed by atoms with Crippen molar-refractivity contribution in [1.82, 2.24) is 0 Å². The van der Waals surface area contributed by atoms with E-state index in [9.17, 15) is 0 Å². The molecule has 1 aliphatic rings. The lowest BCUT2D eigenvalue weighted by atomic mass is 9.67. The third-order valence-corrected chi connectivity index (χ3v) is 6.42. The van der Waals surface area contributed by atoms with Crippen molar-refractivity contribution in [2.75, 3.05) is 0 Å². The fourth-order valence-corrected chi connectivity index (χ4v) is 4.71. The SMILES string of the molecule is C=C.Cc1ccc(C2(c3ccc(C)cc3)CCCCCCCCCCC2)cc1. The fraction of sp³-hybridized carbons (Fsp3) is 0.500. The number of hydrogen-bond acceptors (Lipinski definition) is 0. The summed E-state index contributed by atoms with van der Waals surface area (Å²) in [5.74, 6) is 0. The smallest absolute Gasteiger partial charge is 0.0202 e. The first-order valence-corrected chi connectivity index (χ1v) is 11.3. The van der Waals surface area contributed by atoms with Gasteiger partial charge in [0, 0.05) is 5.41 Å². The molecule has 0 heteroatoms. The van der Waals surface area contributed by atoms with Gasteiger partial charge in [-0.2, -0.15) is 0 Å². The van der Waals surface area contributed by atoms with Crippen LogP contribution >= 0.6 is 0 Å². The van der Waals surface area contributed by atoms with E-state index in [4.69, 9.17) is 0 Å². The molecular weight excluding hydrogens is 336 g/mol. The Balaban J connectivity index is 0.00000136. The fourth-order valence-electron chi connectivity index (χ4n) is 4.71. The maximum Gasteiger partial charge on any atom is 0.0202 e. The predicted molar refractivity (Wildman–Crippen MR) is 125 cm³/mol. The summed E-state index contributed by atoms with van der Waals surface area (Å²) >= 11 is 0. The van der Waals surface area contributed by atoms with Crippen LogP contribution in [0.4, 0.5) is 0 Å². The zero-order valence-corrected chi connectivity index (χ0v) is 18.3. The third-order valence-electron chi connectivity index (χ3n) is 6.42. The molecular formula is C28H40. The molecule has 1 aliphatic carbocycles. The molecule has 3 rings (SSSR count). The van der Waals surface area contributed by atoms with E-state index in [1.54, 1.807) is 0 Å². The highest BCUT2D eigenvalue weighted by Gasteiger charge is 2.33.